The van der Waals surface area contributed by atoms with Crippen molar-refractivity contribution in [3.05, 3.63) is 35.4 Å². The third kappa shape index (κ3) is 3.23. The van der Waals surface area contributed by atoms with Crippen LogP contribution in [-0.4, -0.2) is 30.0 Å². The molecular weight excluding hydrogens is 204 g/mol. The van der Waals surface area contributed by atoms with E-state index in [1.54, 1.807) is 0 Å². The van der Waals surface area contributed by atoms with Crippen LogP contribution in [0, 0.1) is 11.6 Å². The predicted molar refractivity (Wildman–Crippen MR) is 51.3 cm³/mol. The molecule has 0 saturated carbocycles. The normalized spacial score (nSPS) is 12.8. The van der Waals surface area contributed by atoms with Crippen LogP contribution >= 0.6 is 0 Å². The minimum absolute atomic E-state index is 0.112. The molecule has 0 bridgehead atoms. The van der Waals surface area contributed by atoms with Crippen LogP contribution in [0.15, 0.2) is 18.2 Å². The van der Waals surface area contributed by atoms with Crippen molar-refractivity contribution in [3.63, 3.8) is 0 Å². The molecule has 1 rings (SSSR count). The zero-order chi connectivity index (χ0) is 11.3. The number of hydrogen-bond donors (Lipinski definition) is 3. The van der Waals surface area contributed by atoms with Gasteiger partial charge in [-0.3, -0.25) is 0 Å². The Kier molecular flexibility index (Phi) is 4.61. The molecule has 3 N–H and O–H groups in total. The first kappa shape index (κ1) is 12.0. The van der Waals surface area contributed by atoms with Gasteiger partial charge in [-0.05, 0) is 6.07 Å². The highest BCUT2D eigenvalue weighted by atomic mass is 19.1. The average molecular weight is 217 g/mol. The Labute approximate surface area is 86.4 Å². The molecule has 1 atom stereocenters. The molecule has 0 fully saturated rings. The van der Waals surface area contributed by atoms with Gasteiger partial charge in [-0.1, -0.05) is 6.07 Å². The molecule has 1 aromatic rings. The van der Waals surface area contributed by atoms with Gasteiger partial charge in [0.25, 0.3) is 0 Å². The molecular formula is C10H13F2NO2. The Morgan fingerprint density at radius 1 is 1.27 bits per heavy atom. The van der Waals surface area contributed by atoms with Crippen LogP contribution in [0.5, 0.6) is 0 Å². The summed E-state index contributed by atoms with van der Waals surface area (Å²) in [4.78, 5) is 0. The third-order valence-corrected chi connectivity index (χ3v) is 2.02. The summed E-state index contributed by atoms with van der Waals surface area (Å²) in [6.45, 7) is -0.191. The molecule has 1 aromatic carbocycles. The van der Waals surface area contributed by atoms with Crippen LogP contribution in [0.2, 0.25) is 0 Å². The molecule has 84 valence electrons. The average Bonchev–Trinajstić information content (AvgIpc) is 2.21. The monoisotopic (exact) mass is 217 g/mol. The number of rotatable bonds is 5. The van der Waals surface area contributed by atoms with Gasteiger partial charge in [-0.25, -0.2) is 8.78 Å². The third-order valence-electron chi connectivity index (χ3n) is 2.02. The van der Waals surface area contributed by atoms with Crippen molar-refractivity contribution < 1.29 is 19.0 Å². The number of halogens is 2. The van der Waals surface area contributed by atoms with Gasteiger partial charge in [0, 0.05) is 18.2 Å². The lowest BCUT2D eigenvalue weighted by molar-refractivity contribution is 0.225. The number of aliphatic hydroxyl groups excluding tert-OH is 2. The van der Waals surface area contributed by atoms with E-state index in [0.717, 1.165) is 12.1 Å². The van der Waals surface area contributed by atoms with Crippen LogP contribution in [0.25, 0.3) is 0 Å². The molecule has 0 saturated heterocycles. The lowest BCUT2D eigenvalue weighted by atomic mass is 10.1. The SMILES string of the molecule is OCCNC(CO)c1ccc(F)cc1F. The van der Waals surface area contributed by atoms with Crippen molar-refractivity contribution in [1.29, 1.82) is 0 Å². The van der Waals surface area contributed by atoms with Crippen molar-refractivity contribution in [2.45, 2.75) is 6.04 Å². The lowest BCUT2D eigenvalue weighted by Gasteiger charge is -2.16. The number of hydrogen-bond acceptors (Lipinski definition) is 3. The van der Waals surface area contributed by atoms with Crippen molar-refractivity contribution in [3.8, 4) is 0 Å². The van der Waals surface area contributed by atoms with Gasteiger partial charge in [-0.15, -0.1) is 0 Å². The highest BCUT2D eigenvalue weighted by molar-refractivity contribution is 5.22. The summed E-state index contributed by atoms with van der Waals surface area (Å²) in [5.74, 6) is -1.37. The van der Waals surface area contributed by atoms with E-state index in [4.69, 9.17) is 10.2 Å². The van der Waals surface area contributed by atoms with Crippen LogP contribution in [0.1, 0.15) is 11.6 Å². The topological polar surface area (TPSA) is 52.5 Å². The van der Waals surface area contributed by atoms with Gasteiger partial charge in [0.05, 0.1) is 19.3 Å². The summed E-state index contributed by atoms with van der Waals surface area (Å²) in [5, 5.41) is 20.3. The Balaban J connectivity index is 2.81. The zero-order valence-corrected chi connectivity index (χ0v) is 8.08. The van der Waals surface area contributed by atoms with E-state index in [2.05, 4.69) is 5.32 Å². The predicted octanol–water partition coefficient (Wildman–Crippen LogP) is 0.580. The first-order chi connectivity index (χ1) is 7.19. The number of aliphatic hydroxyl groups is 2. The number of nitrogens with one attached hydrogen (secondary N) is 1. The molecule has 1 unspecified atom stereocenters. The van der Waals surface area contributed by atoms with Crippen LogP contribution in [-0.2, 0) is 0 Å². The second-order valence-corrected chi connectivity index (χ2v) is 3.08. The van der Waals surface area contributed by atoms with E-state index in [-0.39, 0.29) is 25.3 Å². The fraction of sp³-hybridized carbons (Fsp3) is 0.400. The molecule has 0 spiro atoms. The fourth-order valence-electron chi connectivity index (χ4n) is 1.30. The minimum Gasteiger partial charge on any atom is -0.395 e. The second kappa shape index (κ2) is 5.75. The summed E-state index contributed by atoms with van der Waals surface area (Å²) in [6.07, 6.45) is 0. The van der Waals surface area contributed by atoms with Gasteiger partial charge in [0.2, 0.25) is 0 Å². The molecule has 0 amide bonds. The smallest absolute Gasteiger partial charge is 0.130 e. The van der Waals surface area contributed by atoms with E-state index in [9.17, 15) is 8.78 Å². The van der Waals surface area contributed by atoms with Crippen LogP contribution < -0.4 is 5.32 Å². The molecule has 15 heavy (non-hydrogen) atoms. The molecule has 0 aliphatic heterocycles. The van der Waals surface area contributed by atoms with Crippen LogP contribution in [0.4, 0.5) is 8.78 Å². The highest BCUT2D eigenvalue weighted by Crippen LogP contribution is 2.17. The highest BCUT2D eigenvalue weighted by Gasteiger charge is 2.14. The summed E-state index contributed by atoms with van der Waals surface area (Å²) < 4.78 is 25.9. The first-order valence-corrected chi connectivity index (χ1v) is 4.59. The molecule has 0 heterocycles. The van der Waals surface area contributed by atoms with Crippen molar-refractivity contribution in [2.24, 2.45) is 0 Å². The molecule has 0 aromatic heterocycles. The van der Waals surface area contributed by atoms with E-state index < -0.39 is 17.7 Å². The molecule has 0 aliphatic carbocycles. The minimum atomic E-state index is -0.709. The maximum Gasteiger partial charge on any atom is 0.130 e. The Bertz CT molecular complexity index is 320. The summed E-state index contributed by atoms with van der Waals surface area (Å²) in [7, 11) is 0. The first-order valence-electron chi connectivity index (χ1n) is 4.59. The molecule has 5 heteroatoms. The standard InChI is InChI=1S/C10H13F2NO2/c11-7-1-2-8(9(12)5-7)10(6-15)13-3-4-14/h1-2,5,10,13-15H,3-4,6H2. The largest absolute Gasteiger partial charge is 0.395 e. The Morgan fingerprint density at radius 2 is 2.00 bits per heavy atom. The molecule has 0 aliphatic rings. The van der Waals surface area contributed by atoms with E-state index in [0.29, 0.717) is 0 Å². The lowest BCUT2D eigenvalue weighted by Crippen LogP contribution is -2.27. The van der Waals surface area contributed by atoms with Gasteiger partial charge in [0.15, 0.2) is 0 Å². The summed E-state index contributed by atoms with van der Waals surface area (Å²) in [6, 6.07) is 2.54. The molecule has 3 nitrogen and oxygen atoms in total. The maximum absolute atomic E-state index is 13.3. The van der Waals surface area contributed by atoms with Gasteiger partial charge in [0.1, 0.15) is 11.6 Å². The van der Waals surface area contributed by atoms with E-state index in [1.165, 1.54) is 6.07 Å². The van der Waals surface area contributed by atoms with Gasteiger partial charge in [-0.2, -0.15) is 0 Å². The Morgan fingerprint density at radius 3 is 2.53 bits per heavy atom. The fourth-order valence-corrected chi connectivity index (χ4v) is 1.30. The van der Waals surface area contributed by atoms with Gasteiger partial charge < -0.3 is 15.5 Å². The van der Waals surface area contributed by atoms with Crippen LogP contribution in [0.3, 0.4) is 0 Å². The number of benzene rings is 1. The Hall–Kier alpha value is -1.04. The van der Waals surface area contributed by atoms with E-state index in [1.807, 2.05) is 0 Å². The van der Waals surface area contributed by atoms with Crippen molar-refractivity contribution in [1.82, 2.24) is 5.32 Å². The second-order valence-electron chi connectivity index (χ2n) is 3.08. The summed E-state index contributed by atoms with van der Waals surface area (Å²) in [5.41, 5.74) is 0.187. The molecule has 0 radical (unpaired) electrons. The van der Waals surface area contributed by atoms with Gasteiger partial charge >= 0.3 is 0 Å². The van der Waals surface area contributed by atoms with Crippen molar-refractivity contribution in [2.75, 3.05) is 19.8 Å². The van der Waals surface area contributed by atoms with E-state index >= 15 is 0 Å². The maximum atomic E-state index is 13.3. The van der Waals surface area contributed by atoms with Crippen molar-refractivity contribution >= 4 is 0 Å². The quantitative estimate of drug-likeness (QED) is 0.676. The zero-order valence-electron chi connectivity index (χ0n) is 8.08. The summed E-state index contributed by atoms with van der Waals surface area (Å²) >= 11 is 0.